The summed E-state index contributed by atoms with van der Waals surface area (Å²) in [6, 6.07) is 2.50. The van der Waals surface area contributed by atoms with E-state index in [0.29, 0.717) is 0 Å². The van der Waals surface area contributed by atoms with Crippen molar-refractivity contribution in [3.63, 3.8) is 0 Å². The van der Waals surface area contributed by atoms with Gasteiger partial charge in [-0.2, -0.15) is 0 Å². The Morgan fingerprint density at radius 2 is 1.57 bits per heavy atom. The highest BCUT2D eigenvalue weighted by Crippen LogP contribution is 2.31. The third-order valence-corrected chi connectivity index (χ3v) is 3.64. The fourth-order valence-electron chi connectivity index (χ4n) is 2.25. The molecule has 150 valence electrons. The molecule has 0 saturated heterocycles. The van der Waals surface area contributed by atoms with Crippen molar-refractivity contribution in [2.45, 2.75) is 27.2 Å². The van der Waals surface area contributed by atoms with Gasteiger partial charge in [0.05, 0.1) is 12.2 Å². The minimum atomic E-state index is -1.55. The van der Waals surface area contributed by atoms with E-state index in [2.05, 4.69) is 13.2 Å². The van der Waals surface area contributed by atoms with Gasteiger partial charge in [0.2, 0.25) is 0 Å². The standard InChI is InChI=1S/C20H22O8/c1-10(2)19(25)27-9-12(5)8-13-6-7-14(17(21)22)15(18(23)24)16(13)28-20(26)11(3)4/h6-7,12H,1,3,8-9H2,2,4-5H3,(H,21,22)(H,23,24). The van der Waals surface area contributed by atoms with E-state index in [1.807, 2.05) is 0 Å². The molecule has 28 heavy (non-hydrogen) atoms. The van der Waals surface area contributed by atoms with E-state index >= 15 is 0 Å². The second kappa shape index (κ2) is 9.50. The monoisotopic (exact) mass is 390 g/mol. The van der Waals surface area contributed by atoms with Gasteiger partial charge in [0.25, 0.3) is 0 Å². The van der Waals surface area contributed by atoms with E-state index in [9.17, 15) is 29.4 Å². The fourth-order valence-corrected chi connectivity index (χ4v) is 2.25. The van der Waals surface area contributed by atoms with Gasteiger partial charge in [0, 0.05) is 11.1 Å². The van der Waals surface area contributed by atoms with Crippen molar-refractivity contribution in [1.29, 1.82) is 0 Å². The molecule has 8 heteroatoms. The van der Waals surface area contributed by atoms with Crippen LogP contribution in [0, 0.1) is 5.92 Å². The van der Waals surface area contributed by atoms with Crippen LogP contribution in [-0.2, 0) is 20.7 Å². The summed E-state index contributed by atoms with van der Waals surface area (Å²) < 4.78 is 10.2. The van der Waals surface area contributed by atoms with Crippen LogP contribution in [0.1, 0.15) is 47.1 Å². The van der Waals surface area contributed by atoms with Gasteiger partial charge in [0.15, 0.2) is 0 Å². The smallest absolute Gasteiger partial charge is 0.340 e. The Balaban J connectivity index is 3.31. The summed E-state index contributed by atoms with van der Waals surface area (Å²) in [7, 11) is 0. The van der Waals surface area contributed by atoms with Crippen LogP contribution in [0.4, 0.5) is 0 Å². The van der Waals surface area contributed by atoms with Gasteiger partial charge in [-0.3, -0.25) is 0 Å². The van der Waals surface area contributed by atoms with Crippen molar-refractivity contribution in [3.8, 4) is 5.75 Å². The van der Waals surface area contributed by atoms with Gasteiger partial charge in [-0.15, -0.1) is 0 Å². The Kier molecular flexibility index (Phi) is 7.67. The first kappa shape index (κ1) is 22.6. The summed E-state index contributed by atoms with van der Waals surface area (Å²) in [5.74, 6) is -5.10. The van der Waals surface area contributed by atoms with E-state index in [0.717, 1.165) is 6.07 Å². The van der Waals surface area contributed by atoms with E-state index in [1.165, 1.54) is 19.9 Å². The molecule has 0 heterocycles. The summed E-state index contributed by atoms with van der Waals surface area (Å²) >= 11 is 0. The number of esters is 2. The Morgan fingerprint density at radius 1 is 1.00 bits per heavy atom. The van der Waals surface area contributed by atoms with Gasteiger partial charge in [-0.25, -0.2) is 19.2 Å². The SMILES string of the molecule is C=C(C)C(=O)OCC(C)Cc1ccc(C(=O)O)c(C(=O)O)c1OC(=O)C(=C)C. The molecule has 0 aliphatic rings. The average Bonchev–Trinajstić information content (AvgIpc) is 2.59. The molecule has 0 aliphatic carbocycles. The quantitative estimate of drug-likeness (QED) is 0.374. The molecule has 0 aromatic heterocycles. The van der Waals surface area contributed by atoms with Crippen LogP contribution in [0.5, 0.6) is 5.75 Å². The maximum absolute atomic E-state index is 12.0. The Morgan fingerprint density at radius 3 is 2.04 bits per heavy atom. The molecule has 0 fully saturated rings. The van der Waals surface area contributed by atoms with Crippen LogP contribution >= 0.6 is 0 Å². The molecule has 0 amide bonds. The number of ether oxygens (including phenoxy) is 2. The molecule has 1 aromatic carbocycles. The summed E-state index contributed by atoms with van der Waals surface area (Å²) in [5.41, 5.74) is -0.600. The normalized spacial score (nSPS) is 11.2. The van der Waals surface area contributed by atoms with Crippen LogP contribution in [0.25, 0.3) is 0 Å². The summed E-state index contributed by atoms with van der Waals surface area (Å²) in [6.45, 7) is 11.5. The average molecular weight is 390 g/mol. The first-order valence-electron chi connectivity index (χ1n) is 8.28. The number of hydrogen-bond acceptors (Lipinski definition) is 6. The number of benzene rings is 1. The van der Waals surface area contributed by atoms with Gasteiger partial charge in [0.1, 0.15) is 11.3 Å². The predicted octanol–water partition coefficient (Wildman–Crippen LogP) is 2.86. The third-order valence-electron chi connectivity index (χ3n) is 3.64. The number of carbonyl (C=O) groups excluding carboxylic acids is 2. The lowest BCUT2D eigenvalue weighted by Gasteiger charge is -2.18. The minimum absolute atomic E-state index is 0.0165. The zero-order valence-corrected chi connectivity index (χ0v) is 15.9. The summed E-state index contributed by atoms with van der Waals surface area (Å²) in [5, 5.41) is 18.8. The maximum atomic E-state index is 12.0. The molecule has 1 unspecified atom stereocenters. The minimum Gasteiger partial charge on any atom is -0.478 e. The van der Waals surface area contributed by atoms with Crippen molar-refractivity contribution in [1.82, 2.24) is 0 Å². The molecule has 8 nitrogen and oxygen atoms in total. The van der Waals surface area contributed by atoms with Crippen molar-refractivity contribution in [3.05, 3.63) is 53.1 Å². The Labute approximate surface area is 162 Å². The number of carboxylic acids is 2. The molecule has 0 bridgehead atoms. The van der Waals surface area contributed by atoms with Crippen molar-refractivity contribution in [2.24, 2.45) is 5.92 Å². The van der Waals surface area contributed by atoms with Crippen LogP contribution < -0.4 is 4.74 Å². The molecule has 1 atom stereocenters. The predicted molar refractivity (Wildman–Crippen MR) is 99.5 cm³/mol. The lowest BCUT2D eigenvalue weighted by Crippen LogP contribution is -2.19. The van der Waals surface area contributed by atoms with Gasteiger partial charge in [-0.1, -0.05) is 26.1 Å². The Bertz CT molecular complexity index is 850. The molecule has 1 rings (SSSR count). The topological polar surface area (TPSA) is 127 Å². The number of aromatic carboxylic acids is 2. The van der Waals surface area contributed by atoms with Gasteiger partial charge >= 0.3 is 23.9 Å². The third kappa shape index (κ3) is 5.80. The van der Waals surface area contributed by atoms with Gasteiger partial charge in [-0.05, 0) is 37.8 Å². The highest BCUT2D eigenvalue weighted by Gasteiger charge is 2.27. The van der Waals surface area contributed by atoms with Crippen LogP contribution in [-0.4, -0.2) is 40.7 Å². The number of carboxylic acid groups (broad SMARTS) is 2. The Hall–Kier alpha value is -3.42. The van der Waals surface area contributed by atoms with Gasteiger partial charge < -0.3 is 19.7 Å². The lowest BCUT2D eigenvalue weighted by molar-refractivity contribution is -0.140. The van der Waals surface area contributed by atoms with Crippen LogP contribution in [0.2, 0.25) is 0 Å². The van der Waals surface area contributed by atoms with Crippen LogP contribution in [0.15, 0.2) is 36.4 Å². The van der Waals surface area contributed by atoms with E-state index < -0.39 is 35.0 Å². The maximum Gasteiger partial charge on any atom is 0.340 e. The van der Waals surface area contributed by atoms with E-state index in [1.54, 1.807) is 6.92 Å². The van der Waals surface area contributed by atoms with Crippen LogP contribution in [0.3, 0.4) is 0 Å². The molecule has 0 aliphatic heterocycles. The van der Waals surface area contributed by atoms with E-state index in [-0.39, 0.29) is 41.4 Å². The van der Waals surface area contributed by atoms with Crippen molar-refractivity contribution < 1.29 is 38.9 Å². The highest BCUT2D eigenvalue weighted by molar-refractivity contribution is 6.05. The largest absolute Gasteiger partial charge is 0.478 e. The highest BCUT2D eigenvalue weighted by atomic mass is 16.5. The summed E-state index contributed by atoms with van der Waals surface area (Å²) in [4.78, 5) is 46.5. The number of hydrogen-bond donors (Lipinski definition) is 2. The number of rotatable bonds is 9. The zero-order valence-electron chi connectivity index (χ0n) is 15.9. The molecule has 0 saturated carbocycles. The second-order valence-electron chi connectivity index (χ2n) is 6.44. The molecule has 0 spiro atoms. The first-order valence-corrected chi connectivity index (χ1v) is 8.28. The molecule has 0 radical (unpaired) electrons. The van der Waals surface area contributed by atoms with Crippen molar-refractivity contribution >= 4 is 23.9 Å². The summed E-state index contributed by atoms with van der Waals surface area (Å²) in [6.07, 6.45) is 0.169. The molecular formula is C20H22O8. The molecular weight excluding hydrogens is 368 g/mol. The number of carbonyl (C=O) groups is 4. The zero-order chi connectivity index (χ0) is 21.6. The van der Waals surface area contributed by atoms with Crippen molar-refractivity contribution in [2.75, 3.05) is 6.61 Å². The molecule has 1 aromatic rings. The lowest BCUT2D eigenvalue weighted by atomic mass is 9.95. The fraction of sp³-hybridized carbons (Fsp3) is 0.300. The second-order valence-corrected chi connectivity index (χ2v) is 6.44. The van der Waals surface area contributed by atoms with E-state index in [4.69, 9.17) is 9.47 Å². The first-order chi connectivity index (χ1) is 13.0. The molecule has 2 N–H and O–H groups in total.